The lowest BCUT2D eigenvalue weighted by atomic mass is 9.97. The maximum Gasteiger partial charge on any atom is 0.416 e. The van der Waals surface area contributed by atoms with Gasteiger partial charge in [-0.2, -0.15) is 13.2 Å². The lowest BCUT2D eigenvalue weighted by Crippen LogP contribution is -2.25. The molecule has 0 aliphatic heterocycles. The van der Waals surface area contributed by atoms with Gasteiger partial charge in [-0.3, -0.25) is 0 Å². The van der Waals surface area contributed by atoms with E-state index >= 15 is 0 Å². The normalized spacial score (nSPS) is 16.0. The molecule has 144 valence electrons. The van der Waals surface area contributed by atoms with Crippen molar-refractivity contribution >= 4 is 17.8 Å². The van der Waals surface area contributed by atoms with Crippen LogP contribution in [0, 0.1) is 0 Å². The van der Waals surface area contributed by atoms with E-state index in [2.05, 4.69) is 0 Å². The van der Waals surface area contributed by atoms with Crippen molar-refractivity contribution in [2.45, 2.75) is 24.4 Å². The molecule has 3 aromatic carbocycles. The molecule has 4 rings (SSSR count). The fraction of sp³-hybridized carbons (Fsp3) is 0.217. The van der Waals surface area contributed by atoms with Crippen LogP contribution < -0.4 is 10.6 Å². The topological polar surface area (TPSA) is 17.1 Å². The van der Waals surface area contributed by atoms with Gasteiger partial charge in [0.1, 0.15) is 7.14 Å². The average Bonchev–Trinajstić information content (AvgIpc) is 3.49. The Morgan fingerprint density at radius 3 is 1.61 bits per heavy atom. The molecule has 3 aromatic rings. The smallest absolute Gasteiger partial charge is 0.314 e. The third-order valence-corrected chi connectivity index (χ3v) is 8.87. The molecule has 0 atom stereocenters. The van der Waals surface area contributed by atoms with Crippen LogP contribution in [0.3, 0.4) is 0 Å². The van der Waals surface area contributed by atoms with E-state index in [-0.39, 0.29) is 5.41 Å². The van der Waals surface area contributed by atoms with Gasteiger partial charge in [0.2, 0.25) is 0 Å². The highest BCUT2D eigenvalue weighted by Gasteiger charge is 2.50. The predicted molar refractivity (Wildman–Crippen MR) is 107 cm³/mol. The van der Waals surface area contributed by atoms with E-state index in [1.165, 1.54) is 0 Å². The molecule has 0 amide bonds. The maximum absolute atomic E-state index is 14.3. The molecule has 28 heavy (non-hydrogen) atoms. The van der Waals surface area contributed by atoms with Gasteiger partial charge in [-0.15, -0.1) is 0 Å². The summed E-state index contributed by atoms with van der Waals surface area (Å²) >= 11 is 0. The van der Waals surface area contributed by atoms with E-state index in [0.29, 0.717) is 6.16 Å². The molecule has 1 saturated carbocycles. The van der Waals surface area contributed by atoms with E-state index in [1.807, 2.05) is 60.7 Å². The van der Waals surface area contributed by atoms with E-state index in [1.54, 1.807) is 12.1 Å². The zero-order chi connectivity index (χ0) is 19.8. The fourth-order valence-corrected chi connectivity index (χ4v) is 7.12. The summed E-state index contributed by atoms with van der Waals surface area (Å²) in [7, 11) is -2.92. The summed E-state index contributed by atoms with van der Waals surface area (Å²) in [6, 6.07) is 24.2. The summed E-state index contributed by atoms with van der Waals surface area (Å²) in [6.45, 7) is 0. The van der Waals surface area contributed by atoms with E-state index in [4.69, 9.17) is 0 Å². The van der Waals surface area contributed by atoms with Crippen molar-refractivity contribution < 1.29 is 17.7 Å². The van der Waals surface area contributed by atoms with Crippen molar-refractivity contribution in [3.8, 4) is 0 Å². The van der Waals surface area contributed by atoms with Gasteiger partial charge < -0.3 is 4.57 Å². The van der Waals surface area contributed by atoms with Crippen molar-refractivity contribution in [2.24, 2.45) is 0 Å². The molecule has 0 bridgehead atoms. The second-order valence-electron chi connectivity index (χ2n) is 7.42. The van der Waals surface area contributed by atoms with Crippen molar-refractivity contribution in [1.82, 2.24) is 0 Å². The molecule has 0 unspecified atom stereocenters. The molecule has 0 aromatic heterocycles. The van der Waals surface area contributed by atoms with E-state index in [9.17, 15) is 17.7 Å². The SMILES string of the molecule is O=P(CC1(c2ccc(C(F)(F)F)cc2)CC1)(c1ccccc1)c1ccccc1. The number of benzene rings is 3. The predicted octanol–water partition coefficient (Wildman–Crippen LogP) is 5.75. The van der Waals surface area contributed by atoms with Crippen LogP contribution in [0.2, 0.25) is 0 Å². The highest BCUT2D eigenvalue weighted by Crippen LogP contribution is 2.59. The molecule has 0 spiro atoms. The van der Waals surface area contributed by atoms with Gasteiger partial charge in [-0.05, 0) is 30.5 Å². The Bertz CT molecular complexity index is 948. The average molecular weight is 400 g/mol. The van der Waals surface area contributed by atoms with Crippen molar-refractivity contribution in [1.29, 1.82) is 0 Å². The summed E-state index contributed by atoms with van der Waals surface area (Å²) < 4.78 is 53.0. The maximum atomic E-state index is 14.3. The minimum absolute atomic E-state index is 0.328. The van der Waals surface area contributed by atoms with Crippen LogP contribution >= 0.6 is 7.14 Å². The Morgan fingerprint density at radius 1 is 0.750 bits per heavy atom. The molecule has 0 N–H and O–H groups in total. The highest BCUT2D eigenvalue weighted by molar-refractivity contribution is 7.78. The Kier molecular flexibility index (Phi) is 4.71. The Hall–Kier alpha value is -2.32. The Morgan fingerprint density at radius 2 is 1.21 bits per heavy atom. The quantitative estimate of drug-likeness (QED) is 0.499. The first kappa shape index (κ1) is 19.0. The zero-order valence-corrected chi connectivity index (χ0v) is 16.1. The van der Waals surface area contributed by atoms with Crippen LogP contribution in [0.15, 0.2) is 84.9 Å². The van der Waals surface area contributed by atoms with Crippen LogP contribution in [-0.4, -0.2) is 6.16 Å². The molecule has 1 aliphatic rings. The third kappa shape index (κ3) is 3.54. The van der Waals surface area contributed by atoms with Crippen molar-refractivity contribution in [3.63, 3.8) is 0 Å². The van der Waals surface area contributed by atoms with Gasteiger partial charge in [0, 0.05) is 22.2 Å². The van der Waals surface area contributed by atoms with Gasteiger partial charge in [0.15, 0.2) is 0 Å². The summed E-state index contributed by atoms with van der Waals surface area (Å²) in [5.41, 5.74) is -0.139. The lowest BCUT2D eigenvalue weighted by molar-refractivity contribution is -0.137. The van der Waals surface area contributed by atoms with Gasteiger partial charge in [-0.25, -0.2) is 0 Å². The van der Waals surface area contributed by atoms with E-state index < -0.39 is 18.9 Å². The minimum Gasteiger partial charge on any atom is -0.314 e. The van der Waals surface area contributed by atoms with Gasteiger partial charge >= 0.3 is 6.18 Å². The van der Waals surface area contributed by atoms with Crippen LogP contribution in [0.5, 0.6) is 0 Å². The molecular weight excluding hydrogens is 380 g/mol. The molecular formula is C23H20F3OP. The molecule has 5 heteroatoms. The van der Waals surface area contributed by atoms with Crippen LogP contribution in [-0.2, 0) is 16.2 Å². The van der Waals surface area contributed by atoms with Crippen LogP contribution in [0.1, 0.15) is 24.0 Å². The molecule has 0 radical (unpaired) electrons. The number of alkyl halides is 3. The first-order valence-corrected chi connectivity index (χ1v) is 11.1. The minimum atomic E-state index is -4.35. The molecule has 1 nitrogen and oxygen atoms in total. The number of rotatable bonds is 5. The number of halogens is 3. The van der Waals surface area contributed by atoms with Gasteiger partial charge in [-0.1, -0.05) is 72.8 Å². The Labute approximate surface area is 162 Å². The second kappa shape index (κ2) is 6.93. The number of hydrogen-bond acceptors (Lipinski definition) is 1. The molecule has 1 fully saturated rings. The van der Waals surface area contributed by atoms with Crippen LogP contribution in [0.25, 0.3) is 0 Å². The Balaban J connectivity index is 1.73. The summed E-state index contributed by atoms with van der Waals surface area (Å²) in [6.07, 6.45) is -2.25. The standard InChI is InChI=1S/C23H20F3OP/c24-23(25,26)19-13-11-18(12-14-19)22(15-16-22)17-28(27,20-7-3-1-4-8-20)21-9-5-2-6-10-21/h1-14H,15-17H2. The van der Waals surface area contributed by atoms with Gasteiger partial charge in [0.25, 0.3) is 0 Å². The first-order valence-electron chi connectivity index (χ1n) is 9.22. The highest BCUT2D eigenvalue weighted by atomic mass is 31.2. The largest absolute Gasteiger partial charge is 0.416 e. The fourth-order valence-electron chi connectivity index (χ4n) is 3.80. The third-order valence-electron chi connectivity index (χ3n) is 5.55. The molecule has 0 saturated heterocycles. The van der Waals surface area contributed by atoms with Crippen molar-refractivity contribution in [3.05, 3.63) is 96.1 Å². The number of hydrogen-bond donors (Lipinski definition) is 0. The first-order chi connectivity index (χ1) is 13.3. The second-order valence-corrected chi connectivity index (χ2v) is 10.3. The van der Waals surface area contributed by atoms with E-state index in [0.717, 1.165) is 41.1 Å². The monoisotopic (exact) mass is 400 g/mol. The molecule has 0 heterocycles. The molecule has 1 aliphatic carbocycles. The zero-order valence-electron chi connectivity index (χ0n) is 15.2. The van der Waals surface area contributed by atoms with Crippen molar-refractivity contribution in [2.75, 3.05) is 6.16 Å². The summed E-state index contributed by atoms with van der Waals surface area (Å²) in [4.78, 5) is 0. The summed E-state index contributed by atoms with van der Waals surface area (Å²) in [5, 5.41) is 1.58. The lowest BCUT2D eigenvalue weighted by Gasteiger charge is -2.25. The van der Waals surface area contributed by atoms with Crippen LogP contribution in [0.4, 0.5) is 13.2 Å². The van der Waals surface area contributed by atoms with Gasteiger partial charge in [0.05, 0.1) is 5.56 Å². The summed E-state index contributed by atoms with van der Waals surface area (Å²) in [5.74, 6) is 0.